The van der Waals surface area contributed by atoms with Gasteiger partial charge in [0.25, 0.3) is 0 Å². The minimum absolute atomic E-state index is 0.916. The second-order valence-electron chi connectivity index (χ2n) is 10.9. The highest BCUT2D eigenvalue weighted by atomic mass is 16.3. The molecule has 0 aliphatic heterocycles. The smallest absolute Gasteiger partial charge is 0.136 e. The molecule has 9 rings (SSSR count). The summed E-state index contributed by atoms with van der Waals surface area (Å²) in [6, 6.07) is 52.5. The first-order valence-corrected chi connectivity index (χ1v) is 14.1. The number of furan rings is 1. The largest absolute Gasteiger partial charge is 0.456 e. The van der Waals surface area contributed by atoms with Crippen LogP contribution in [-0.2, 0) is 0 Å². The average Bonchev–Trinajstić information content (AvgIpc) is 3.42. The molecule has 41 heavy (non-hydrogen) atoms. The fraction of sp³-hybridized carbons (Fsp3) is 0. The maximum Gasteiger partial charge on any atom is 0.136 e. The van der Waals surface area contributed by atoms with Gasteiger partial charge in [0.1, 0.15) is 11.2 Å². The Bertz CT molecular complexity index is 2400. The Morgan fingerprint density at radius 1 is 0.317 bits per heavy atom. The van der Waals surface area contributed by atoms with Crippen LogP contribution in [0.5, 0.6) is 0 Å². The van der Waals surface area contributed by atoms with Crippen molar-refractivity contribution in [1.29, 1.82) is 0 Å². The molecule has 190 valence electrons. The molecular weight excluding hydrogens is 496 g/mol. The Morgan fingerprint density at radius 2 is 0.902 bits per heavy atom. The van der Waals surface area contributed by atoms with Crippen molar-refractivity contribution in [2.45, 2.75) is 0 Å². The Morgan fingerprint density at radius 3 is 1.63 bits per heavy atom. The lowest BCUT2D eigenvalue weighted by Gasteiger charge is -2.17. The van der Waals surface area contributed by atoms with Crippen LogP contribution in [0.4, 0.5) is 0 Å². The summed E-state index contributed by atoms with van der Waals surface area (Å²) in [5.74, 6) is 0. The van der Waals surface area contributed by atoms with Crippen molar-refractivity contribution in [3.63, 3.8) is 0 Å². The Kier molecular flexibility index (Phi) is 4.67. The fourth-order valence-corrected chi connectivity index (χ4v) is 6.77. The summed E-state index contributed by atoms with van der Waals surface area (Å²) in [7, 11) is 0. The summed E-state index contributed by atoms with van der Waals surface area (Å²) in [5.41, 5.74) is 9.11. The van der Waals surface area contributed by atoms with Crippen molar-refractivity contribution in [3.05, 3.63) is 146 Å². The van der Waals surface area contributed by atoms with Crippen molar-refractivity contribution in [2.24, 2.45) is 0 Å². The zero-order valence-electron chi connectivity index (χ0n) is 22.3. The van der Waals surface area contributed by atoms with Gasteiger partial charge < -0.3 is 4.42 Å². The second kappa shape index (κ2) is 8.55. The molecule has 0 amide bonds. The van der Waals surface area contributed by atoms with E-state index in [4.69, 9.17) is 4.42 Å². The molecule has 0 saturated heterocycles. The molecule has 0 atom stereocenters. The summed E-state index contributed by atoms with van der Waals surface area (Å²) in [5, 5.41) is 10.1. The van der Waals surface area contributed by atoms with Crippen molar-refractivity contribution in [2.75, 3.05) is 0 Å². The molecule has 0 aliphatic carbocycles. The number of rotatable bonds is 3. The second-order valence-corrected chi connectivity index (χ2v) is 10.9. The van der Waals surface area contributed by atoms with E-state index in [0.717, 1.165) is 22.1 Å². The van der Waals surface area contributed by atoms with Crippen LogP contribution >= 0.6 is 0 Å². The zero-order valence-corrected chi connectivity index (χ0v) is 22.3. The summed E-state index contributed by atoms with van der Waals surface area (Å²) < 4.78 is 6.47. The molecule has 0 radical (unpaired) electrons. The van der Waals surface area contributed by atoms with E-state index in [2.05, 4.69) is 140 Å². The van der Waals surface area contributed by atoms with Crippen molar-refractivity contribution < 1.29 is 4.42 Å². The van der Waals surface area contributed by atoms with Gasteiger partial charge in [0.05, 0.1) is 0 Å². The molecule has 0 aliphatic rings. The van der Waals surface area contributed by atoms with Gasteiger partial charge in [-0.15, -0.1) is 0 Å². The molecule has 1 aromatic heterocycles. The monoisotopic (exact) mass is 520 g/mol. The predicted octanol–water partition coefficient (Wildman–Crippen LogP) is 11.5. The molecule has 1 heteroatoms. The number of hydrogen-bond donors (Lipinski definition) is 0. The lowest BCUT2D eigenvalue weighted by molar-refractivity contribution is 0.669. The van der Waals surface area contributed by atoms with Gasteiger partial charge >= 0.3 is 0 Å². The van der Waals surface area contributed by atoms with Crippen LogP contribution in [-0.4, -0.2) is 0 Å². The van der Waals surface area contributed by atoms with Crippen LogP contribution in [0.2, 0.25) is 0 Å². The van der Waals surface area contributed by atoms with E-state index in [9.17, 15) is 0 Å². The Balaban J connectivity index is 1.41. The standard InChI is InChI=1S/C40H24O/c1-3-9-25(10-4-1)29-23-35(40-34-13-7-8-14-36(34)41-37(40)24-29)31-20-16-28-17-21-32-30(26-11-5-2-6-12-26)19-15-27-18-22-33(31)39(28)38(27)32/h1-24H. The number of para-hydroxylation sites is 1. The molecular formula is C40H24O. The van der Waals surface area contributed by atoms with Gasteiger partial charge in [-0.25, -0.2) is 0 Å². The van der Waals surface area contributed by atoms with E-state index >= 15 is 0 Å². The van der Waals surface area contributed by atoms with E-state index in [1.165, 1.54) is 65.5 Å². The molecule has 9 aromatic rings. The number of benzene rings is 8. The van der Waals surface area contributed by atoms with Crippen molar-refractivity contribution in [3.8, 4) is 33.4 Å². The SMILES string of the molecule is c1ccc(-c2cc(-c3ccc4ccc5c(-c6ccccc6)ccc6ccc3c4c65)c3c(c2)oc2ccccc23)cc1. The Hall–Kier alpha value is -5.40. The zero-order chi connectivity index (χ0) is 26.9. The highest BCUT2D eigenvalue weighted by molar-refractivity contribution is 6.28. The molecule has 1 nitrogen and oxygen atoms in total. The molecule has 0 bridgehead atoms. The highest BCUT2D eigenvalue weighted by Crippen LogP contribution is 2.46. The molecule has 1 heterocycles. The summed E-state index contributed by atoms with van der Waals surface area (Å²) in [6.45, 7) is 0. The van der Waals surface area contributed by atoms with Gasteiger partial charge in [0, 0.05) is 10.8 Å². The van der Waals surface area contributed by atoms with E-state index in [0.29, 0.717) is 0 Å². The lowest BCUT2D eigenvalue weighted by atomic mass is 9.86. The van der Waals surface area contributed by atoms with Crippen LogP contribution in [0.25, 0.3) is 87.6 Å². The highest BCUT2D eigenvalue weighted by Gasteiger charge is 2.19. The van der Waals surface area contributed by atoms with E-state index in [1.807, 2.05) is 6.07 Å². The average molecular weight is 521 g/mol. The van der Waals surface area contributed by atoms with Gasteiger partial charge in [-0.1, -0.05) is 127 Å². The Labute approximate surface area is 237 Å². The van der Waals surface area contributed by atoms with Crippen molar-refractivity contribution >= 4 is 54.3 Å². The third-order valence-corrected chi connectivity index (χ3v) is 8.63. The summed E-state index contributed by atoms with van der Waals surface area (Å²) >= 11 is 0. The molecule has 8 aromatic carbocycles. The van der Waals surface area contributed by atoms with Crippen LogP contribution in [0.1, 0.15) is 0 Å². The normalized spacial score (nSPS) is 11.9. The first-order valence-electron chi connectivity index (χ1n) is 14.1. The topological polar surface area (TPSA) is 13.1 Å². The molecule has 0 fully saturated rings. The van der Waals surface area contributed by atoms with Crippen molar-refractivity contribution in [1.82, 2.24) is 0 Å². The van der Waals surface area contributed by atoms with E-state index in [1.54, 1.807) is 0 Å². The molecule has 0 unspecified atom stereocenters. The predicted molar refractivity (Wildman–Crippen MR) is 174 cm³/mol. The van der Waals surface area contributed by atoms with E-state index in [-0.39, 0.29) is 0 Å². The minimum Gasteiger partial charge on any atom is -0.456 e. The molecule has 0 saturated carbocycles. The third kappa shape index (κ3) is 3.30. The lowest BCUT2D eigenvalue weighted by Crippen LogP contribution is -1.90. The maximum atomic E-state index is 6.47. The number of fused-ring (bicyclic) bond motifs is 3. The van der Waals surface area contributed by atoms with Gasteiger partial charge in [-0.05, 0) is 83.9 Å². The van der Waals surface area contributed by atoms with Crippen LogP contribution in [0.3, 0.4) is 0 Å². The van der Waals surface area contributed by atoms with Crippen LogP contribution in [0.15, 0.2) is 150 Å². The van der Waals surface area contributed by atoms with Gasteiger partial charge in [0.15, 0.2) is 0 Å². The van der Waals surface area contributed by atoms with Gasteiger partial charge in [0.2, 0.25) is 0 Å². The van der Waals surface area contributed by atoms with Crippen LogP contribution in [0, 0.1) is 0 Å². The molecule has 0 N–H and O–H groups in total. The van der Waals surface area contributed by atoms with E-state index < -0.39 is 0 Å². The first-order chi connectivity index (χ1) is 20.3. The first kappa shape index (κ1) is 22.4. The summed E-state index contributed by atoms with van der Waals surface area (Å²) in [6.07, 6.45) is 0. The van der Waals surface area contributed by atoms with Gasteiger partial charge in [-0.2, -0.15) is 0 Å². The minimum atomic E-state index is 0.916. The quantitative estimate of drug-likeness (QED) is 0.211. The maximum absolute atomic E-state index is 6.47. The number of hydrogen-bond acceptors (Lipinski definition) is 1. The fourth-order valence-electron chi connectivity index (χ4n) is 6.77. The van der Waals surface area contributed by atoms with Crippen LogP contribution < -0.4 is 0 Å². The van der Waals surface area contributed by atoms with Gasteiger partial charge in [-0.3, -0.25) is 0 Å². The third-order valence-electron chi connectivity index (χ3n) is 8.63. The summed E-state index contributed by atoms with van der Waals surface area (Å²) in [4.78, 5) is 0. The molecule has 0 spiro atoms.